The average Bonchev–Trinajstić information content (AvgIpc) is 3.41. The van der Waals surface area contributed by atoms with Crippen LogP contribution in [0.1, 0.15) is 62.1 Å². The molecule has 0 aliphatic heterocycles. The smallest absolute Gasteiger partial charge is 0.141 e. The molecule has 0 saturated heterocycles. The third-order valence-corrected chi connectivity index (χ3v) is 9.26. The van der Waals surface area contributed by atoms with Crippen molar-refractivity contribution in [3.05, 3.63) is 144 Å². The molecule has 0 N–H and O–H groups in total. The van der Waals surface area contributed by atoms with E-state index < -0.39 is 0 Å². The molecule has 0 aliphatic carbocycles. The minimum atomic E-state index is 0.487. The maximum Gasteiger partial charge on any atom is 0.141 e. The van der Waals surface area contributed by atoms with E-state index in [-0.39, 0.29) is 0 Å². The van der Waals surface area contributed by atoms with Gasteiger partial charge >= 0.3 is 0 Å². The van der Waals surface area contributed by atoms with Crippen molar-refractivity contribution in [2.45, 2.75) is 53.4 Å². The van der Waals surface area contributed by atoms with Crippen molar-refractivity contribution in [1.29, 1.82) is 0 Å². The Morgan fingerprint density at radius 1 is 0.478 bits per heavy atom. The van der Waals surface area contributed by atoms with E-state index in [9.17, 15) is 0 Å². The maximum absolute atomic E-state index is 5.65. The normalized spacial score (nSPS) is 11.7. The van der Waals surface area contributed by atoms with Crippen molar-refractivity contribution in [3.63, 3.8) is 0 Å². The maximum atomic E-state index is 5.65. The van der Waals surface area contributed by atoms with Crippen molar-refractivity contribution in [2.75, 3.05) is 4.90 Å². The van der Waals surface area contributed by atoms with Crippen LogP contribution >= 0.6 is 0 Å². The first-order valence-electron chi connectivity index (χ1n) is 16.3. The van der Waals surface area contributed by atoms with Crippen LogP contribution in [-0.2, 0) is 0 Å². The van der Waals surface area contributed by atoms with Crippen LogP contribution in [0.5, 0.6) is 0 Å². The van der Waals surface area contributed by atoms with Gasteiger partial charge in [-0.05, 0) is 106 Å². The van der Waals surface area contributed by atoms with E-state index in [2.05, 4.69) is 159 Å². The lowest BCUT2D eigenvalue weighted by molar-refractivity contribution is 0.393. The Kier molecular flexibility index (Phi) is 7.70. The Balaban J connectivity index is 1.39. The lowest BCUT2D eigenvalue weighted by Crippen LogP contribution is -2.10. The number of benzene rings is 6. The van der Waals surface area contributed by atoms with Crippen LogP contribution in [0.2, 0.25) is 0 Å². The molecule has 0 radical (unpaired) electrons. The van der Waals surface area contributed by atoms with Gasteiger partial charge in [0, 0.05) is 28.2 Å². The summed E-state index contributed by atoms with van der Waals surface area (Å²) in [6.07, 6.45) is 0. The topological polar surface area (TPSA) is 29.3 Å². The number of anilines is 3. The van der Waals surface area contributed by atoms with Crippen molar-refractivity contribution < 1.29 is 4.52 Å². The summed E-state index contributed by atoms with van der Waals surface area (Å²) in [5, 5.41) is 9.15. The van der Waals surface area contributed by atoms with Crippen molar-refractivity contribution in [2.24, 2.45) is 0 Å². The fraction of sp³-hybridized carbons (Fsp3) is 0.186. The van der Waals surface area contributed by atoms with E-state index in [1.165, 1.54) is 49.4 Å². The van der Waals surface area contributed by atoms with Crippen molar-refractivity contribution >= 4 is 38.6 Å². The van der Waals surface area contributed by atoms with Crippen LogP contribution < -0.4 is 4.90 Å². The summed E-state index contributed by atoms with van der Waals surface area (Å²) in [4.78, 5) is 2.36. The molecule has 0 saturated carbocycles. The molecule has 3 heteroatoms. The fourth-order valence-electron chi connectivity index (χ4n) is 6.79. The Hall–Kier alpha value is -5.15. The minimum absolute atomic E-state index is 0.487. The molecule has 0 amide bonds. The predicted molar refractivity (Wildman–Crippen MR) is 195 cm³/mol. The molecule has 3 nitrogen and oxygen atoms in total. The summed E-state index contributed by atoms with van der Waals surface area (Å²) < 4.78 is 5.65. The van der Waals surface area contributed by atoms with E-state index in [4.69, 9.17) is 4.52 Å². The van der Waals surface area contributed by atoms with Gasteiger partial charge in [0.15, 0.2) is 0 Å². The quantitative estimate of drug-likeness (QED) is 0.170. The summed E-state index contributed by atoms with van der Waals surface area (Å²) in [5.41, 5.74) is 11.7. The molecule has 46 heavy (non-hydrogen) atoms. The molecule has 7 aromatic rings. The highest BCUT2D eigenvalue weighted by molar-refractivity contribution is 6.21. The number of rotatable bonds is 7. The van der Waals surface area contributed by atoms with Gasteiger partial charge in [-0.1, -0.05) is 118 Å². The number of aromatic nitrogens is 1. The average molecular weight is 601 g/mol. The van der Waals surface area contributed by atoms with E-state index in [1.54, 1.807) is 0 Å². The number of aryl methyl sites for hydroxylation is 2. The molecule has 0 aliphatic rings. The SMILES string of the molecule is Cc1noc(C)c1-c1c2ccccc2c(-c2ccc(N(c3ccc(C(C)C)cc3)c3ccc(C(C)C)cc3)cc2)c2ccccc12. The monoisotopic (exact) mass is 600 g/mol. The van der Waals surface area contributed by atoms with Crippen LogP contribution in [0.25, 0.3) is 43.8 Å². The lowest BCUT2D eigenvalue weighted by Gasteiger charge is -2.26. The zero-order chi connectivity index (χ0) is 31.9. The van der Waals surface area contributed by atoms with Gasteiger partial charge in [0.1, 0.15) is 5.76 Å². The predicted octanol–water partition coefficient (Wildman–Crippen LogP) is 12.6. The zero-order valence-electron chi connectivity index (χ0n) is 27.5. The second-order valence-electron chi connectivity index (χ2n) is 12.9. The summed E-state index contributed by atoms with van der Waals surface area (Å²) >= 11 is 0. The van der Waals surface area contributed by atoms with Gasteiger partial charge in [-0.3, -0.25) is 0 Å². The minimum Gasteiger partial charge on any atom is -0.361 e. The third-order valence-electron chi connectivity index (χ3n) is 9.26. The molecule has 0 unspecified atom stereocenters. The molecule has 7 rings (SSSR count). The summed E-state index contributed by atoms with van der Waals surface area (Å²) in [5.74, 6) is 1.81. The van der Waals surface area contributed by atoms with Gasteiger partial charge < -0.3 is 9.42 Å². The molecule has 0 spiro atoms. The Bertz CT molecular complexity index is 2020. The molecule has 1 aromatic heterocycles. The summed E-state index contributed by atoms with van der Waals surface area (Å²) in [6, 6.07) is 44.5. The van der Waals surface area contributed by atoms with Gasteiger partial charge in [0.25, 0.3) is 0 Å². The van der Waals surface area contributed by atoms with Gasteiger partial charge in [-0.2, -0.15) is 0 Å². The molecule has 0 bridgehead atoms. The molecule has 6 aromatic carbocycles. The van der Waals surface area contributed by atoms with Gasteiger partial charge in [0.2, 0.25) is 0 Å². The van der Waals surface area contributed by atoms with Crippen molar-refractivity contribution in [1.82, 2.24) is 5.16 Å². The summed E-state index contributed by atoms with van der Waals surface area (Å²) in [6.45, 7) is 13.0. The highest BCUT2D eigenvalue weighted by atomic mass is 16.5. The molecular weight excluding hydrogens is 560 g/mol. The standard InChI is InChI=1S/C43H40N2O/c1-27(2)31-15-21-34(22-16-31)45(35-23-17-32(18-24-35)28(3)4)36-25-19-33(20-26-36)42-37-11-7-9-13-39(37)43(40-14-10-8-12-38(40)42)41-29(5)44-46-30(41)6/h7-28H,1-6H3. The highest BCUT2D eigenvalue weighted by Gasteiger charge is 2.21. The Morgan fingerprint density at radius 2 is 0.870 bits per heavy atom. The number of hydrogen-bond donors (Lipinski definition) is 0. The first-order chi connectivity index (χ1) is 22.3. The fourth-order valence-corrected chi connectivity index (χ4v) is 6.79. The first-order valence-corrected chi connectivity index (χ1v) is 16.3. The molecule has 1 heterocycles. The van der Waals surface area contributed by atoms with Gasteiger partial charge in [-0.15, -0.1) is 0 Å². The number of fused-ring (bicyclic) bond motifs is 2. The van der Waals surface area contributed by atoms with Crippen molar-refractivity contribution in [3.8, 4) is 22.3 Å². The van der Waals surface area contributed by atoms with E-state index in [0.717, 1.165) is 34.1 Å². The van der Waals surface area contributed by atoms with Crippen LogP contribution in [0, 0.1) is 13.8 Å². The van der Waals surface area contributed by atoms with Gasteiger partial charge in [-0.25, -0.2) is 0 Å². The van der Waals surface area contributed by atoms with Crippen LogP contribution in [0.3, 0.4) is 0 Å². The zero-order valence-corrected chi connectivity index (χ0v) is 27.5. The van der Waals surface area contributed by atoms with Gasteiger partial charge in [0.05, 0.1) is 5.69 Å². The molecular formula is C43H40N2O. The second-order valence-corrected chi connectivity index (χ2v) is 12.9. The second kappa shape index (κ2) is 12.0. The Labute approximate surface area is 272 Å². The van der Waals surface area contributed by atoms with E-state index in [0.29, 0.717) is 11.8 Å². The largest absolute Gasteiger partial charge is 0.361 e. The third kappa shape index (κ3) is 5.16. The number of hydrogen-bond acceptors (Lipinski definition) is 3. The first kappa shape index (κ1) is 29.6. The van der Waals surface area contributed by atoms with Crippen LogP contribution in [0.15, 0.2) is 126 Å². The van der Waals surface area contributed by atoms with E-state index in [1.807, 2.05) is 13.8 Å². The number of nitrogens with zero attached hydrogens (tertiary/aromatic N) is 2. The van der Waals surface area contributed by atoms with Crippen LogP contribution in [-0.4, -0.2) is 5.16 Å². The van der Waals surface area contributed by atoms with Crippen LogP contribution in [0.4, 0.5) is 17.1 Å². The molecule has 0 fully saturated rings. The molecule has 0 atom stereocenters. The summed E-state index contributed by atoms with van der Waals surface area (Å²) in [7, 11) is 0. The Morgan fingerprint density at radius 3 is 1.24 bits per heavy atom. The van der Waals surface area contributed by atoms with E-state index >= 15 is 0 Å². The lowest BCUT2D eigenvalue weighted by atomic mass is 9.85. The highest BCUT2D eigenvalue weighted by Crippen LogP contribution is 2.46. The molecule has 228 valence electrons.